The van der Waals surface area contributed by atoms with Crippen LogP contribution in [0.1, 0.15) is 55.8 Å². The molecule has 0 saturated carbocycles. The fourth-order valence-corrected chi connectivity index (χ4v) is 2.88. The highest BCUT2D eigenvalue weighted by atomic mass is 16.5. The van der Waals surface area contributed by atoms with Crippen molar-refractivity contribution in [3.63, 3.8) is 0 Å². The lowest BCUT2D eigenvalue weighted by molar-refractivity contribution is -0.123. The monoisotopic (exact) mass is 355 g/mol. The summed E-state index contributed by atoms with van der Waals surface area (Å²) in [5, 5.41) is 3.05. The van der Waals surface area contributed by atoms with Gasteiger partial charge in [-0.15, -0.1) is 0 Å². The van der Waals surface area contributed by atoms with Crippen LogP contribution in [0.25, 0.3) is 0 Å². The number of aryl methyl sites for hydroxylation is 1. The van der Waals surface area contributed by atoms with Gasteiger partial charge < -0.3 is 14.8 Å². The summed E-state index contributed by atoms with van der Waals surface area (Å²) >= 11 is 0. The Balaban J connectivity index is 2.00. The van der Waals surface area contributed by atoms with Crippen molar-refractivity contribution in [1.29, 1.82) is 0 Å². The van der Waals surface area contributed by atoms with Crippen molar-refractivity contribution in [3.8, 4) is 11.5 Å². The van der Waals surface area contributed by atoms with Gasteiger partial charge in [-0.2, -0.15) is 0 Å². The first-order valence-electron chi connectivity index (χ1n) is 9.11. The molecule has 0 bridgehead atoms. The minimum atomic E-state index is -0.121. The van der Waals surface area contributed by atoms with Crippen LogP contribution < -0.4 is 14.8 Å². The van der Waals surface area contributed by atoms with Gasteiger partial charge in [0.25, 0.3) is 5.91 Å². The lowest BCUT2D eigenvalue weighted by Crippen LogP contribution is -2.32. The molecule has 1 N–H and O–H groups in total. The zero-order valence-corrected chi connectivity index (χ0v) is 16.3. The second kappa shape index (κ2) is 9.27. The number of carbonyl (C=O) groups excluding carboxylic acids is 1. The van der Waals surface area contributed by atoms with Crippen molar-refractivity contribution in [2.45, 2.75) is 46.1 Å². The van der Waals surface area contributed by atoms with Crippen molar-refractivity contribution in [1.82, 2.24) is 5.32 Å². The summed E-state index contributed by atoms with van der Waals surface area (Å²) in [7, 11) is 1.64. The summed E-state index contributed by atoms with van der Waals surface area (Å²) in [5.74, 6) is 1.81. The highest BCUT2D eigenvalue weighted by Crippen LogP contribution is 2.27. The van der Waals surface area contributed by atoms with Crippen LogP contribution in [0.4, 0.5) is 0 Å². The Morgan fingerprint density at radius 3 is 2.38 bits per heavy atom. The number of benzene rings is 2. The van der Waals surface area contributed by atoms with E-state index in [1.54, 1.807) is 7.11 Å². The summed E-state index contributed by atoms with van der Waals surface area (Å²) in [5.41, 5.74) is 3.29. The van der Waals surface area contributed by atoms with Crippen LogP contribution in [-0.2, 0) is 4.79 Å². The molecule has 2 aromatic rings. The molecule has 0 spiro atoms. The summed E-state index contributed by atoms with van der Waals surface area (Å²) < 4.78 is 11.0. The van der Waals surface area contributed by atoms with E-state index in [0.717, 1.165) is 34.6 Å². The first-order chi connectivity index (χ1) is 12.4. The largest absolute Gasteiger partial charge is 0.497 e. The Labute approximate surface area is 156 Å². The van der Waals surface area contributed by atoms with E-state index in [9.17, 15) is 4.79 Å². The van der Waals surface area contributed by atoms with Crippen LogP contribution in [0.5, 0.6) is 11.5 Å². The van der Waals surface area contributed by atoms with Crippen molar-refractivity contribution < 1.29 is 14.3 Å². The SMILES string of the molecule is CCC(NC(=O)COc1cc(C)ccc1C(C)C)c1ccc(OC)cc1. The van der Waals surface area contributed by atoms with Crippen molar-refractivity contribution in [2.24, 2.45) is 0 Å². The Bertz CT molecular complexity index is 723. The number of nitrogens with one attached hydrogen (secondary N) is 1. The van der Waals surface area contributed by atoms with Gasteiger partial charge in [0.2, 0.25) is 0 Å². The van der Waals surface area contributed by atoms with E-state index >= 15 is 0 Å². The van der Waals surface area contributed by atoms with E-state index in [1.165, 1.54) is 0 Å². The normalized spacial score (nSPS) is 11.9. The van der Waals surface area contributed by atoms with E-state index in [2.05, 4.69) is 31.3 Å². The van der Waals surface area contributed by atoms with Gasteiger partial charge in [-0.25, -0.2) is 0 Å². The zero-order valence-electron chi connectivity index (χ0n) is 16.3. The standard InChI is InChI=1S/C22H29NO3/c1-6-20(17-8-10-18(25-5)11-9-17)23-22(24)14-26-21-13-16(4)7-12-19(21)15(2)3/h7-13,15,20H,6,14H2,1-5H3,(H,23,24). The maximum atomic E-state index is 12.4. The first kappa shape index (κ1) is 19.8. The third kappa shape index (κ3) is 5.25. The third-order valence-electron chi connectivity index (χ3n) is 4.41. The third-order valence-corrected chi connectivity index (χ3v) is 4.41. The molecule has 0 aliphatic carbocycles. The summed E-state index contributed by atoms with van der Waals surface area (Å²) in [4.78, 5) is 12.4. The molecule has 2 aromatic carbocycles. The molecule has 4 nitrogen and oxygen atoms in total. The fourth-order valence-electron chi connectivity index (χ4n) is 2.88. The molecule has 140 valence electrons. The van der Waals surface area contributed by atoms with Crippen LogP contribution in [0.2, 0.25) is 0 Å². The van der Waals surface area contributed by atoms with Gasteiger partial charge >= 0.3 is 0 Å². The molecular weight excluding hydrogens is 326 g/mol. The van der Waals surface area contributed by atoms with Gasteiger partial charge in [0.05, 0.1) is 13.2 Å². The number of hydrogen-bond donors (Lipinski definition) is 1. The molecule has 0 saturated heterocycles. The zero-order chi connectivity index (χ0) is 19.1. The second-order valence-electron chi connectivity index (χ2n) is 6.79. The van der Waals surface area contributed by atoms with Crippen LogP contribution in [-0.4, -0.2) is 19.6 Å². The van der Waals surface area contributed by atoms with Crippen LogP contribution in [0.15, 0.2) is 42.5 Å². The van der Waals surface area contributed by atoms with E-state index in [4.69, 9.17) is 9.47 Å². The maximum absolute atomic E-state index is 12.4. The number of ether oxygens (including phenoxy) is 2. The van der Waals surface area contributed by atoms with E-state index < -0.39 is 0 Å². The highest BCUT2D eigenvalue weighted by molar-refractivity contribution is 5.78. The summed E-state index contributed by atoms with van der Waals surface area (Å²) in [6.07, 6.45) is 0.805. The predicted octanol–water partition coefficient (Wildman–Crippen LogP) is 4.77. The molecule has 0 aliphatic rings. The molecule has 2 rings (SSSR count). The Morgan fingerprint density at radius 2 is 1.81 bits per heavy atom. The van der Waals surface area contributed by atoms with Gasteiger partial charge in [-0.3, -0.25) is 4.79 Å². The van der Waals surface area contributed by atoms with E-state index in [0.29, 0.717) is 5.92 Å². The van der Waals surface area contributed by atoms with E-state index in [-0.39, 0.29) is 18.6 Å². The average Bonchev–Trinajstić information content (AvgIpc) is 2.64. The first-order valence-corrected chi connectivity index (χ1v) is 9.11. The highest BCUT2D eigenvalue weighted by Gasteiger charge is 2.15. The fraction of sp³-hybridized carbons (Fsp3) is 0.409. The number of carbonyl (C=O) groups is 1. The Kier molecular flexibility index (Phi) is 7.07. The Morgan fingerprint density at radius 1 is 1.12 bits per heavy atom. The molecule has 0 fully saturated rings. The van der Waals surface area contributed by atoms with E-state index in [1.807, 2.05) is 44.2 Å². The molecule has 0 aromatic heterocycles. The van der Waals surface area contributed by atoms with Crippen molar-refractivity contribution >= 4 is 5.91 Å². The van der Waals surface area contributed by atoms with Gasteiger partial charge in [0.1, 0.15) is 11.5 Å². The molecule has 1 unspecified atom stereocenters. The molecular formula is C22H29NO3. The van der Waals surface area contributed by atoms with Crippen molar-refractivity contribution in [2.75, 3.05) is 13.7 Å². The molecule has 0 heterocycles. The van der Waals surface area contributed by atoms with Gasteiger partial charge in [0.15, 0.2) is 6.61 Å². The summed E-state index contributed by atoms with van der Waals surface area (Å²) in [6, 6.07) is 13.8. The quantitative estimate of drug-likeness (QED) is 0.742. The number of amides is 1. The average molecular weight is 355 g/mol. The number of methoxy groups -OCH3 is 1. The van der Waals surface area contributed by atoms with Crippen molar-refractivity contribution in [3.05, 3.63) is 59.2 Å². The minimum absolute atomic E-state index is 0.00975. The van der Waals surface area contributed by atoms with Gasteiger partial charge in [0, 0.05) is 0 Å². The molecule has 1 atom stereocenters. The molecule has 26 heavy (non-hydrogen) atoms. The van der Waals surface area contributed by atoms with Gasteiger partial charge in [-0.05, 0) is 54.2 Å². The maximum Gasteiger partial charge on any atom is 0.258 e. The molecule has 1 amide bonds. The summed E-state index contributed by atoms with van der Waals surface area (Å²) in [6.45, 7) is 8.32. The minimum Gasteiger partial charge on any atom is -0.497 e. The molecule has 0 aliphatic heterocycles. The molecule has 4 heteroatoms. The lowest BCUT2D eigenvalue weighted by atomic mass is 10.0. The number of hydrogen-bond acceptors (Lipinski definition) is 3. The van der Waals surface area contributed by atoms with Crippen LogP contribution in [0.3, 0.4) is 0 Å². The topological polar surface area (TPSA) is 47.6 Å². The predicted molar refractivity (Wildman–Crippen MR) is 105 cm³/mol. The second-order valence-corrected chi connectivity index (χ2v) is 6.79. The van der Waals surface area contributed by atoms with Gasteiger partial charge in [-0.1, -0.05) is 45.0 Å². The molecule has 0 radical (unpaired) electrons. The lowest BCUT2D eigenvalue weighted by Gasteiger charge is -2.19. The number of rotatable bonds is 8. The Hall–Kier alpha value is -2.49. The smallest absolute Gasteiger partial charge is 0.258 e. The van der Waals surface area contributed by atoms with Crippen LogP contribution >= 0.6 is 0 Å². The van der Waals surface area contributed by atoms with Crippen LogP contribution in [0, 0.1) is 6.92 Å².